The van der Waals surface area contributed by atoms with Crippen LogP contribution in [-0.4, -0.2) is 29.8 Å². The molecule has 1 amide bonds. The van der Waals surface area contributed by atoms with Crippen LogP contribution in [0, 0.1) is 0 Å². The van der Waals surface area contributed by atoms with Crippen molar-refractivity contribution in [3.8, 4) is 11.5 Å². The number of anilines is 1. The van der Waals surface area contributed by atoms with Gasteiger partial charge in [-0.1, -0.05) is 23.5 Å². The number of methoxy groups -OCH3 is 1. The zero-order chi connectivity index (χ0) is 15.9. The zero-order valence-corrected chi connectivity index (χ0v) is 12.1. The van der Waals surface area contributed by atoms with Crippen molar-refractivity contribution >= 4 is 28.5 Å². The summed E-state index contributed by atoms with van der Waals surface area (Å²) in [6.45, 7) is -3.00. The van der Waals surface area contributed by atoms with Gasteiger partial charge >= 0.3 is 6.61 Å². The first-order chi connectivity index (χ1) is 10.6. The van der Waals surface area contributed by atoms with Crippen LogP contribution >= 0.6 is 11.3 Å². The van der Waals surface area contributed by atoms with E-state index in [-0.39, 0.29) is 17.1 Å². The molecule has 0 aliphatic heterocycles. The van der Waals surface area contributed by atoms with Crippen molar-refractivity contribution in [3.05, 3.63) is 35.3 Å². The van der Waals surface area contributed by atoms with Crippen LogP contribution in [0.25, 0.3) is 6.08 Å². The molecule has 22 heavy (non-hydrogen) atoms. The third-order valence-electron chi connectivity index (χ3n) is 2.44. The monoisotopic (exact) mass is 327 g/mol. The zero-order valence-electron chi connectivity index (χ0n) is 11.3. The Kier molecular flexibility index (Phi) is 5.37. The second-order valence-electron chi connectivity index (χ2n) is 3.82. The molecule has 0 saturated heterocycles. The number of carbonyl (C=O) groups excluding carboxylic acids is 1. The maximum absolute atomic E-state index is 12.5. The van der Waals surface area contributed by atoms with E-state index < -0.39 is 12.5 Å². The lowest BCUT2D eigenvalue weighted by atomic mass is 10.1. The van der Waals surface area contributed by atoms with E-state index in [2.05, 4.69) is 20.3 Å². The molecule has 1 heterocycles. The number of halogens is 2. The quantitative estimate of drug-likeness (QED) is 0.826. The fraction of sp³-hybridized carbons (Fsp3) is 0.154. The molecule has 0 atom stereocenters. The minimum atomic E-state index is -3.00. The average molecular weight is 327 g/mol. The van der Waals surface area contributed by atoms with Gasteiger partial charge in [0.25, 0.3) is 0 Å². The summed E-state index contributed by atoms with van der Waals surface area (Å²) in [5.41, 5.74) is 1.75. The molecular formula is C13H11F2N3O3S. The van der Waals surface area contributed by atoms with E-state index in [1.165, 1.54) is 36.9 Å². The molecule has 1 N–H and O–H groups in total. The van der Waals surface area contributed by atoms with E-state index in [9.17, 15) is 13.6 Å². The summed E-state index contributed by atoms with van der Waals surface area (Å²) < 4.78 is 34.4. The molecule has 0 aliphatic carbocycles. The summed E-state index contributed by atoms with van der Waals surface area (Å²) in [7, 11) is 1.34. The van der Waals surface area contributed by atoms with Crippen LogP contribution in [0.3, 0.4) is 0 Å². The number of nitrogens with zero attached hydrogens (tertiary/aromatic N) is 2. The second kappa shape index (κ2) is 7.46. The predicted octanol–water partition coefficient (Wildman–Crippen LogP) is 2.80. The molecule has 9 heteroatoms. The Morgan fingerprint density at radius 2 is 2.27 bits per heavy atom. The van der Waals surface area contributed by atoms with Crippen LogP contribution in [-0.2, 0) is 4.79 Å². The van der Waals surface area contributed by atoms with Gasteiger partial charge in [-0.15, -0.1) is 10.2 Å². The number of nitrogens with one attached hydrogen (secondary N) is 1. The number of para-hydroxylation sites is 1. The summed E-state index contributed by atoms with van der Waals surface area (Å²) in [5.74, 6) is -0.463. The Morgan fingerprint density at radius 1 is 1.45 bits per heavy atom. The first-order valence-corrected chi connectivity index (χ1v) is 6.85. The van der Waals surface area contributed by atoms with Gasteiger partial charge in [0.15, 0.2) is 11.5 Å². The first kappa shape index (κ1) is 15.8. The van der Waals surface area contributed by atoms with Gasteiger partial charge in [0.1, 0.15) is 5.51 Å². The smallest absolute Gasteiger partial charge is 0.387 e. The Morgan fingerprint density at radius 3 is 2.91 bits per heavy atom. The fourth-order valence-electron chi connectivity index (χ4n) is 1.58. The molecule has 0 radical (unpaired) electrons. The number of ether oxygens (including phenoxy) is 2. The van der Waals surface area contributed by atoms with Crippen LogP contribution < -0.4 is 14.8 Å². The molecular weight excluding hydrogens is 316 g/mol. The lowest BCUT2D eigenvalue weighted by Gasteiger charge is -2.12. The Hall–Kier alpha value is -2.55. The van der Waals surface area contributed by atoms with Gasteiger partial charge in [0.2, 0.25) is 11.0 Å². The summed E-state index contributed by atoms with van der Waals surface area (Å²) >= 11 is 1.16. The first-order valence-electron chi connectivity index (χ1n) is 5.97. The number of benzene rings is 1. The average Bonchev–Trinajstić information content (AvgIpc) is 2.98. The van der Waals surface area contributed by atoms with Gasteiger partial charge in [-0.2, -0.15) is 8.78 Å². The van der Waals surface area contributed by atoms with E-state index in [1.54, 1.807) is 6.07 Å². The highest BCUT2D eigenvalue weighted by Gasteiger charge is 2.14. The molecule has 2 rings (SSSR count). The topological polar surface area (TPSA) is 73.3 Å². The largest absolute Gasteiger partial charge is 0.493 e. The van der Waals surface area contributed by atoms with Crippen LogP contribution in [0.1, 0.15) is 5.56 Å². The van der Waals surface area contributed by atoms with Crippen molar-refractivity contribution in [1.82, 2.24) is 10.2 Å². The number of amides is 1. The molecule has 2 aromatic rings. The van der Waals surface area contributed by atoms with E-state index in [0.717, 1.165) is 11.3 Å². The number of hydrogen-bond acceptors (Lipinski definition) is 6. The van der Waals surface area contributed by atoms with Crippen molar-refractivity contribution in [2.24, 2.45) is 0 Å². The van der Waals surface area contributed by atoms with E-state index in [0.29, 0.717) is 5.13 Å². The SMILES string of the molecule is COc1cccc(/C=C\C(=O)Nc2nncs2)c1OC(F)F. The number of rotatable bonds is 6. The fourth-order valence-corrected chi connectivity index (χ4v) is 2.03. The molecule has 0 bridgehead atoms. The summed E-state index contributed by atoms with van der Waals surface area (Å²) in [6.07, 6.45) is 2.52. The molecule has 0 unspecified atom stereocenters. The minimum Gasteiger partial charge on any atom is -0.493 e. The van der Waals surface area contributed by atoms with Crippen molar-refractivity contribution < 1.29 is 23.0 Å². The highest BCUT2D eigenvalue weighted by atomic mass is 32.1. The molecule has 0 fully saturated rings. The number of hydrogen-bond donors (Lipinski definition) is 1. The summed E-state index contributed by atoms with van der Waals surface area (Å²) in [6, 6.07) is 4.60. The Labute approximate surface area is 128 Å². The van der Waals surface area contributed by atoms with E-state index >= 15 is 0 Å². The molecule has 1 aromatic heterocycles. The maximum atomic E-state index is 12.5. The number of aromatic nitrogens is 2. The summed E-state index contributed by atoms with van der Waals surface area (Å²) in [4.78, 5) is 11.7. The molecule has 116 valence electrons. The van der Waals surface area contributed by atoms with Crippen molar-refractivity contribution in [2.45, 2.75) is 6.61 Å². The third kappa shape index (κ3) is 4.22. The lowest BCUT2D eigenvalue weighted by molar-refractivity contribution is -0.111. The van der Waals surface area contributed by atoms with Crippen LogP contribution in [0.4, 0.5) is 13.9 Å². The summed E-state index contributed by atoms with van der Waals surface area (Å²) in [5, 5.41) is 10.0. The minimum absolute atomic E-state index is 0.139. The van der Waals surface area contributed by atoms with Crippen molar-refractivity contribution in [2.75, 3.05) is 12.4 Å². The molecule has 0 aliphatic rings. The van der Waals surface area contributed by atoms with E-state index in [4.69, 9.17) is 4.74 Å². The van der Waals surface area contributed by atoms with Gasteiger partial charge < -0.3 is 9.47 Å². The van der Waals surface area contributed by atoms with Gasteiger partial charge in [0, 0.05) is 11.6 Å². The second-order valence-corrected chi connectivity index (χ2v) is 4.66. The predicted molar refractivity (Wildman–Crippen MR) is 77.2 cm³/mol. The van der Waals surface area contributed by atoms with Crippen LogP contribution in [0.5, 0.6) is 11.5 Å². The molecule has 0 spiro atoms. The number of alkyl halides is 2. The molecule has 0 saturated carbocycles. The number of carbonyl (C=O) groups is 1. The van der Waals surface area contributed by atoms with Gasteiger partial charge in [0.05, 0.1) is 7.11 Å². The van der Waals surface area contributed by atoms with Crippen LogP contribution in [0.2, 0.25) is 0 Å². The highest BCUT2D eigenvalue weighted by molar-refractivity contribution is 7.13. The Balaban J connectivity index is 2.17. The van der Waals surface area contributed by atoms with Gasteiger partial charge in [-0.05, 0) is 12.1 Å². The Bertz CT molecular complexity index is 663. The molecule has 6 nitrogen and oxygen atoms in total. The normalized spacial score (nSPS) is 10.9. The van der Waals surface area contributed by atoms with Crippen molar-refractivity contribution in [1.29, 1.82) is 0 Å². The molecule has 1 aromatic carbocycles. The van der Waals surface area contributed by atoms with Crippen molar-refractivity contribution in [3.63, 3.8) is 0 Å². The van der Waals surface area contributed by atoms with Gasteiger partial charge in [-0.25, -0.2) is 0 Å². The lowest BCUT2D eigenvalue weighted by Crippen LogP contribution is -2.08. The highest BCUT2D eigenvalue weighted by Crippen LogP contribution is 2.33. The van der Waals surface area contributed by atoms with Crippen LogP contribution in [0.15, 0.2) is 29.8 Å². The van der Waals surface area contributed by atoms with Gasteiger partial charge in [-0.3, -0.25) is 10.1 Å². The third-order valence-corrected chi connectivity index (χ3v) is 3.05. The standard InChI is InChI=1S/C13H11F2N3O3S/c1-20-9-4-2-3-8(11(9)21-12(14)15)5-6-10(19)17-13-18-16-7-22-13/h2-7,12H,1H3,(H,17,18,19)/b6-5-. The maximum Gasteiger partial charge on any atom is 0.387 e. The van der Waals surface area contributed by atoms with E-state index in [1.807, 2.05) is 0 Å².